The van der Waals surface area contributed by atoms with E-state index < -0.39 is 36.3 Å². The Bertz CT molecular complexity index is 2130. The highest BCUT2D eigenvalue weighted by Gasteiger charge is 2.66. The number of halogens is 6. The van der Waals surface area contributed by atoms with Crippen molar-refractivity contribution in [1.29, 1.82) is 5.26 Å². The van der Waals surface area contributed by atoms with Crippen molar-refractivity contribution in [3.05, 3.63) is 87.2 Å². The predicted molar refractivity (Wildman–Crippen MR) is 172 cm³/mol. The molecule has 3 aromatic heterocycles. The summed E-state index contributed by atoms with van der Waals surface area (Å²) >= 11 is 6.72. The molecule has 1 aliphatic rings. The van der Waals surface area contributed by atoms with Gasteiger partial charge in [0.25, 0.3) is 12.0 Å². The number of alkyl halides is 5. The molecule has 3 heterocycles. The van der Waals surface area contributed by atoms with E-state index in [0.29, 0.717) is 39.8 Å². The Balaban J connectivity index is 1.51. The first kappa shape index (κ1) is 33.1. The van der Waals surface area contributed by atoms with Crippen LogP contribution in [0, 0.1) is 16.7 Å². The maximum Gasteiger partial charge on any atom is 0.413 e. The minimum atomic E-state index is -4.55. The Hall–Kier alpha value is -4.77. The molecule has 15 heteroatoms. The molecule has 0 aliphatic heterocycles. The Morgan fingerprint density at radius 3 is 2.50 bits per heavy atom. The van der Waals surface area contributed by atoms with Gasteiger partial charge < -0.3 is 15.2 Å². The highest BCUT2D eigenvalue weighted by Crippen LogP contribution is 2.55. The Morgan fingerprint density at radius 1 is 1.10 bits per heavy atom. The number of nitrogens with zero attached hydrogens (tertiary/aromatic N) is 6. The van der Waals surface area contributed by atoms with Gasteiger partial charge in [0.2, 0.25) is 0 Å². The van der Waals surface area contributed by atoms with Crippen LogP contribution >= 0.6 is 11.6 Å². The van der Waals surface area contributed by atoms with Gasteiger partial charge in [-0.15, -0.1) is 5.10 Å². The number of benzene rings is 2. The number of nitriles is 1. The molecule has 0 unspecified atom stereocenters. The maximum absolute atomic E-state index is 14.0. The molecule has 0 amide bonds. The van der Waals surface area contributed by atoms with Gasteiger partial charge in [0.05, 0.1) is 40.6 Å². The van der Waals surface area contributed by atoms with Crippen molar-refractivity contribution in [2.75, 3.05) is 17.2 Å². The van der Waals surface area contributed by atoms with Crippen LogP contribution in [0.4, 0.5) is 33.3 Å². The summed E-state index contributed by atoms with van der Waals surface area (Å²) in [5.74, 6) is 0. The number of rotatable bonds is 9. The first-order valence-electron chi connectivity index (χ1n) is 15.0. The van der Waals surface area contributed by atoms with Crippen LogP contribution in [-0.2, 0) is 12.1 Å². The quantitative estimate of drug-likeness (QED) is 0.153. The first-order valence-corrected chi connectivity index (χ1v) is 15.4. The summed E-state index contributed by atoms with van der Waals surface area (Å²) < 4.78 is 70.2. The summed E-state index contributed by atoms with van der Waals surface area (Å²) in [5.41, 5.74) is -0.783. The highest BCUT2D eigenvalue weighted by molar-refractivity contribution is 6.35. The van der Waals surface area contributed by atoms with Crippen molar-refractivity contribution in [2.24, 2.45) is 5.41 Å². The molecule has 9 nitrogen and oxygen atoms in total. The average molecular weight is 685 g/mol. The number of hydrogen-bond acceptors (Lipinski definition) is 7. The number of pyridine rings is 2. The summed E-state index contributed by atoms with van der Waals surface area (Å²) in [6.45, 7) is 5.81. The van der Waals surface area contributed by atoms with Crippen LogP contribution in [0.2, 0.25) is 5.02 Å². The Morgan fingerprint density at radius 2 is 1.85 bits per heavy atom. The van der Waals surface area contributed by atoms with E-state index in [1.165, 1.54) is 30.7 Å². The average Bonchev–Trinajstić information content (AvgIpc) is 3.70. The lowest BCUT2D eigenvalue weighted by molar-refractivity contribution is -0.182. The summed E-state index contributed by atoms with van der Waals surface area (Å²) in [6.07, 6.45) is -3.69. The third kappa shape index (κ3) is 6.14. The predicted octanol–water partition coefficient (Wildman–Crippen LogP) is 7.64. The van der Waals surface area contributed by atoms with Gasteiger partial charge in [-0.1, -0.05) is 49.7 Å². The van der Waals surface area contributed by atoms with Gasteiger partial charge in [0.15, 0.2) is 5.54 Å². The summed E-state index contributed by atoms with van der Waals surface area (Å²) in [7, 11) is 0. The third-order valence-corrected chi connectivity index (χ3v) is 8.63. The SMILES string of the molecule is CC(C)(C)CNc1c(C#N)cnc2c(Cl)cc(N[C@H](c3cn(C4(C(F)(F)F)CC4)nn3)c3cccc4c(=O)n(CC(F)F)ccc34)cc12. The van der Waals surface area contributed by atoms with Crippen LogP contribution < -0.4 is 16.2 Å². The highest BCUT2D eigenvalue weighted by atomic mass is 35.5. The normalized spacial score (nSPS) is 15.1. The second-order valence-electron chi connectivity index (χ2n) is 13.1. The van der Waals surface area contributed by atoms with Gasteiger partial charge in [-0.25, -0.2) is 13.5 Å². The zero-order chi connectivity index (χ0) is 34.6. The molecule has 1 aliphatic carbocycles. The third-order valence-electron chi connectivity index (χ3n) is 8.35. The van der Waals surface area contributed by atoms with Crippen LogP contribution in [-0.4, -0.2) is 43.7 Å². The van der Waals surface area contributed by atoms with Crippen LogP contribution in [0.1, 0.15) is 56.5 Å². The molecule has 0 radical (unpaired) electrons. The van der Waals surface area contributed by atoms with Gasteiger partial charge in [-0.2, -0.15) is 18.4 Å². The number of aromatic nitrogens is 5. The van der Waals surface area contributed by atoms with Crippen LogP contribution in [0.25, 0.3) is 21.7 Å². The number of hydrogen-bond donors (Lipinski definition) is 2. The zero-order valence-electron chi connectivity index (χ0n) is 26.0. The standard InChI is InChI=1S/C33H30ClF5N8O/c1-31(2,3)17-42-27-18(13-40)14-41-28-23(27)11-19(12-24(28)34)43-29(25-15-47(45-44-25)32(8-9-32)33(37,38)39)21-5-4-6-22-20(21)7-10-46(30(22)48)16-26(35)36/h4-7,10-12,14-15,26,29,43H,8-9,16-17H2,1-3H3,(H,41,42)/t29-/m0/s1. The number of anilines is 2. The lowest BCUT2D eigenvalue weighted by Crippen LogP contribution is -2.35. The summed E-state index contributed by atoms with van der Waals surface area (Å²) in [4.78, 5) is 17.6. The molecule has 48 heavy (non-hydrogen) atoms. The van der Waals surface area contributed by atoms with Crippen LogP contribution in [0.15, 0.2) is 59.8 Å². The van der Waals surface area contributed by atoms with Crippen molar-refractivity contribution in [3.8, 4) is 6.07 Å². The van der Waals surface area contributed by atoms with Gasteiger partial charge >= 0.3 is 6.18 Å². The van der Waals surface area contributed by atoms with Crippen molar-refractivity contribution < 1.29 is 22.0 Å². The van der Waals surface area contributed by atoms with Crippen molar-refractivity contribution >= 4 is 44.7 Å². The van der Waals surface area contributed by atoms with Gasteiger partial charge in [0.1, 0.15) is 11.8 Å². The zero-order valence-corrected chi connectivity index (χ0v) is 26.8. The van der Waals surface area contributed by atoms with E-state index in [1.807, 2.05) is 20.8 Å². The van der Waals surface area contributed by atoms with E-state index in [1.54, 1.807) is 24.3 Å². The molecule has 0 bridgehead atoms. The first-order chi connectivity index (χ1) is 22.6. The van der Waals surface area contributed by atoms with Crippen LogP contribution in [0.3, 0.4) is 0 Å². The molecule has 0 spiro atoms. The minimum Gasteiger partial charge on any atom is -0.383 e. The number of nitrogens with one attached hydrogen (secondary N) is 2. The fourth-order valence-electron chi connectivity index (χ4n) is 5.72. The van der Waals surface area contributed by atoms with E-state index in [9.17, 15) is 32.0 Å². The second kappa shape index (κ2) is 12.0. The van der Waals surface area contributed by atoms with E-state index in [0.717, 1.165) is 9.25 Å². The van der Waals surface area contributed by atoms with E-state index in [-0.39, 0.29) is 39.9 Å². The fourth-order valence-corrected chi connectivity index (χ4v) is 5.98. The largest absolute Gasteiger partial charge is 0.413 e. The number of fused-ring (bicyclic) bond motifs is 2. The smallest absolute Gasteiger partial charge is 0.383 e. The second-order valence-corrected chi connectivity index (χ2v) is 13.5. The molecule has 0 saturated heterocycles. The van der Waals surface area contributed by atoms with Gasteiger partial charge in [-0.3, -0.25) is 9.78 Å². The molecule has 6 rings (SSSR count). The van der Waals surface area contributed by atoms with Crippen molar-refractivity contribution in [2.45, 2.75) is 64.3 Å². The molecule has 1 atom stereocenters. The maximum atomic E-state index is 14.0. The Kier molecular flexibility index (Phi) is 8.31. The molecule has 1 fully saturated rings. The van der Waals surface area contributed by atoms with Gasteiger partial charge in [-0.05, 0) is 53.5 Å². The van der Waals surface area contributed by atoms with E-state index in [2.05, 4.69) is 32.0 Å². The molecule has 1 saturated carbocycles. The fraction of sp³-hybridized carbons (Fsp3) is 0.364. The summed E-state index contributed by atoms with van der Waals surface area (Å²) in [5, 5.41) is 25.8. The lowest BCUT2D eigenvalue weighted by atomic mass is 9.96. The van der Waals surface area contributed by atoms with Crippen LogP contribution in [0.5, 0.6) is 0 Å². The molecule has 250 valence electrons. The molecular weight excluding hydrogens is 655 g/mol. The Labute approximate surface area is 276 Å². The topological polar surface area (TPSA) is 113 Å². The molecular formula is C33H30ClF5N8O. The molecule has 5 aromatic rings. The monoisotopic (exact) mass is 684 g/mol. The summed E-state index contributed by atoms with van der Waals surface area (Å²) in [6, 6.07) is 10.7. The van der Waals surface area contributed by atoms with E-state index >= 15 is 0 Å². The molecule has 2 N–H and O–H groups in total. The van der Waals surface area contributed by atoms with E-state index in [4.69, 9.17) is 11.6 Å². The minimum absolute atomic E-state index is 0.112. The van der Waals surface area contributed by atoms with Crippen molar-refractivity contribution in [3.63, 3.8) is 0 Å². The molecule has 2 aromatic carbocycles. The van der Waals surface area contributed by atoms with Crippen molar-refractivity contribution in [1.82, 2.24) is 24.5 Å². The lowest BCUT2D eigenvalue weighted by Gasteiger charge is -2.23. The van der Waals surface area contributed by atoms with Gasteiger partial charge in [0, 0.05) is 35.4 Å².